The minimum Gasteiger partial charge on any atom is -0.355 e. The van der Waals surface area contributed by atoms with Crippen LogP contribution in [0.2, 0.25) is 0 Å². The van der Waals surface area contributed by atoms with Crippen LogP contribution in [-0.2, 0) is 10.5 Å². The maximum atomic E-state index is 12.7. The Kier molecular flexibility index (Phi) is 2.29. The fraction of sp³-hybridized carbons (Fsp3) is 0.455. The minimum atomic E-state index is -0.465. The van der Waals surface area contributed by atoms with Crippen molar-refractivity contribution >= 4 is 0 Å². The predicted octanol–water partition coefficient (Wildman–Crippen LogP) is 2.01. The molecule has 2 rings (SSSR count). The summed E-state index contributed by atoms with van der Waals surface area (Å²) in [6.07, 6.45) is 0. The normalized spacial score (nSPS) is 32.1. The maximum Gasteiger partial charge on any atom is 0.142 e. The summed E-state index contributed by atoms with van der Waals surface area (Å²) in [4.78, 5) is 0. The van der Waals surface area contributed by atoms with Crippen LogP contribution < -0.4 is 5.32 Å². The highest BCUT2D eigenvalue weighted by Crippen LogP contribution is 2.27. The Morgan fingerprint density at radius 3 is 2.57 bits per heavy atom. The Hall–Kier alpha value is -0.930. The highest BCUT2D eigenvalue weighted by molar-refractivity contribution is 5.23. The van der Waals surface area contributed by atoms with E-state index in [1.165, 1.54) is 12.1 Å². The van der Waals surface area contributed by atoms with Crippen molar-refractivity contribution in [2.45, 2.75) is 25.6 Å². The Morgan fingerprint density at radius 2 is 2.07 bits per heavy atom. The van der Waals surface area contributed by atoms with Gasteiger partial charge in [-0.05, 0) is 31.5 Å². The first-order valence-electron chi connectivity index (χ1n) is 4.78. The van der Waals surface area contributed by atoms with E-state index in [0.29, 0.717) is 12.6 Å². The van der Waals surface area contributed by atoms with Crippen LogP contribution in [0, 0.1) is 5.82 Å². The molecule has 76 valence electrons. The second-order valence-electron chi connectivity index (χ2n) is 3.90. The molecule has 1 aromatic rings. The zero-order valence-electron chi connectivity index (χ0n) is 8.38. The lowest BCUT2D eigenvalue weighted by atomic mass is 10.1. The average molecular weight is 195 g/mol. The van der Waals surface area contributed by atoms with Crippen molar-refractivity contribution < 1.29 is 9.13 Å². The first-order valence-corrected chi connectivity index (χ1v) is 4.78. The Morgan fingerprint density at radius 1 is 1.43 bits per heavy atom. The molecule has 1 aromatic carbocycles. The van der Waals surface area contributed by atoms with Crippen LogP contribution in [0.25, 0.3) is 0 Å². The summed E-state index contributed by atoms with van der Waals surface area (Å²) in [6.45, 7) is 4.71. The number of hydrogen-bond acceptors (Lipinski definition) is 2. The molecule has 1 saturated heterocycles. The molecule has 2 atom stereocenters. The minimum absolute atomic E-state index is 0.219. The third kappa shape index (κ3) is 1.65. The van der Waals surface area contributed by atoms with Gasteiger partial charge in [-0.2, -0.15) is 0 Å². The molecule has 1 heterocycles. The molecule has 1 aliphatic rings. The van der Waals surface area contributed by atoms with Crippen LogP contribution in [0.3, 0.4) is 0 Å². The predicted molar refractivity (Wildman–Crippen MR) is 52.3 cm³/mol. The topological polar surface area (TPSA) is 21.3 Å². The van der Waals surface area contributed by atoms with Gasteiger partial charge in [-0.3, -0.25) is 5.32 Å². The van der Waals surface area contributed by atoms with Gasteiger partial charge in [-0.25, -0.2) is 4.39 Å². The highest BCUT2D eigenvalue weighted by atomic mass is 19.1. The summed E-state index contributed by atoms with van der Waals surface area (Å²) in [5.74, 6) is -0.219. The van der Waals surface area contributed by atoms with E-state index in [9.17, 15) is 4.39 Å². The van der Waals surface area contributed by atoms with Crippen LogP contribution in [0.15, 0.2) is 24.3 Å². The van der Waals surface area contributed by atoms with Crippen molar-refractivity contribution in [3.05, 3.63) is 35.6 Å². The van der Waals surface area contributed by atoms with Crippen molar-refractivity contribution in [3.8, 4) is 0 Å². The molecule has 1 aliphatic heterocycles. The molecule has 0 spiro atoms. The summed E-state index contributed by atoms with van der Waals surface area (Å²) in [7, 11) is 0. The summed E-state index contributed by atoms with van der Waals surface area (Å²) < 4.78 is 18.4. The van der Waals surface area contributed by atoms with E-state index in [1.54, 1.807) is 12.1 Å². The molecule has 2 unspecified atom stereocenters. The van der Waals surface area contributed by atoms with Gasteiger partial charge in [-0.1, -0.05) is 12.1 Å². The first-order chi connectivity index (χ1) is 6.60. The molecule has 0 saturated carbocycles. The largest absolute Gasteiger partial charge is 0.355 e. The molecule has 14 heavy (non-hydrogen) atoms. The van der Waals surface area contributed by atoms with Gasteiger partial charge < -0.3 is 4.74 Å². The maximum absolute atomic E-state index is 12.7. The zero-order valence-corrected chi connectivity index (χ0v) is 8.38. The van der Waals surface area contributed by atoms with Gasteiger partial charge in [0.2, 0.25) is 0 Å². The molecular formula is C11H14FNO. The van der Waals surface area contributed by atoms with Crippen molar-refractivity contribution in [1.29, 1.82) is 0 Å². The SMILES string of the molecule is CC1COC(C)(c2ccc(F)cc2)N1. The molecule has 2 nitrogen and oxygen atoms in total. The van der Waals surface area contributed by atoms with Crippen LogP contribution in [0.5, 0.6) is 0 Å². The number of ether oxygens (including phenoxy) is 1. The molecule has 0 radical (unpaired) electrons. The van der Waals surface area contributed by atoms with Gasteiger partial charge in [0, 0.05) is 6.04 Å². The van der Waals surface area contributed by atoms with Crippen LogP contribution in [-0.4, -0.2) is 12.6 Å². The monoisotopic (exact) mass is 195 g/mol. The van der Waals surface area contributed by atoms with E-state index in [2.05, 4.69) is 12.2 Å². The van der Waals surface area contributed by atoms with E-state index in [1.807, 2.05) is 6.92 Å². The fourth-order valence-corrected chi connectivity index (χ4v) is 1.78. The van der Waals surface area contributed by atoms with Gasteiger partial charge in [-0.15, -0.1) is 0 Å². The number of halogens is 1. The van der Waals surface area contributed by atoms with Crippen molar-refractivity contribution in [2.24, 2.45) is 0 Å². The molecule has 3 heteroatoms. The van der Waals surface area contributed by atoms with E-state index in [0.717, 1.165) is 5.56 Å². The van der Waals surface area contributed by atoms with Gasteiger partial charge in [0.1, 0.15) is 11.5 Å². The van der Waals surface area contributed by atoms with E-state index in [4.69, 9.17) is 4.74 Å². The van der Waals surface area contributed by atoms with E-state index < -0.39 is 5.72 Å². The molecule has 0 bridgehead atoms. The Labute approximate surface area is 83.1 Å². The van der Waals surface area contributed by atoms with Crippen molar-refractivity contribution in [1.82, 2.24) is 5.32 Å². The van der Waals surface area contributed by atoms with Gasteiger partial charge in [0.25, 0.3) is 0 Å². The smallest absolute Gasteiger partial charge is 0.142 e. The number of nitrogens with one attached hydrogen (secondary N) is 1. The summed E-state index contributed by atoms with van der Waals surface area (Å²) in [5.41, 5.74) is 0.496. The third-order valence-electron chi connectivity index (χ3n) is 2.54. The molecule has 0 aromatic heterocycles. The van der Waals surface area contributed by atoms with Crippen LogP contribution in [0.1, 0.15) is 19.4 Å². The summed E-state index contributed by atoms with van der Waals surface area (Å²) in [6, 6.07) is 6.74. The summed E-state index contributed by atoms with van der Waals surface area (Å²) >= 11 is 0. The summed E-state index contributed by atoms with van der Waals surface area (Å²) in [5, 5.41) is 3.32. The molecule has 1 N–H and O–H groups in total. The number of rotatable bonds is 1. The molecule has 0 amide bonds. The lowest BCUT2D eigenvalue weighted by molar-refractivity contribution is 0.00232. The lowest BCUT2D eigenvalue weighted by Crippen LogP contribution is -2.37. The van der Waals surface area contributed by atoms with Crippen molar-refractivity contribution in [3.63, 3.8) is 0 Å². The van der Waals surface area contributed by atoms with Gasteiger partial charge in [0.15, 0.2) is 0 Å². The second kappa shape index (κ2) is 3.33. The second-order valence-corrected chi connectivity index (χ2v) is 3.90. The number of benzene rings is 1. The standard InChI is InChI=1S/C11H14FNO/c1-8-7-14-11(2,13-8)9-3-5-10(12)6-4-9/h3-6,8,13H,7H2,1-2H3. The molecule has 1 fully saturated rings. The van der Waals surface area contributed by atoms with Crippen LogP contribution >= 0.6 is 0 Å². The quantitative estimate of drug-likeness (QED) is 0.740. The zero-order chi connectivity index (χ0) is 10.2. The lowest BCUT2D eigenvalue weighted by Gasteiger charge is -2.24. The third-order valence-corrected chi connectivity index (χ3v) is 2.54. The van der Waals surface area contributed by atoms with Gasteiger partial charge in [0.05, 0.1) is 6.61 Å². The Balaban J connectivity index is 2.26. The molecular weight excluding hydrogens is 181 g/mol. The molecule has 0 aliphatic carbocycles. The van der Waals surface area contributed by atoms with E-state index >= 15 is 0 Å². The van der Waals surface area contributed by atoms with E-state index in [-0.39, 0.29) is 5.82 Å². The highest BCUT2D eigenvalue weighted by Gasteiger charge is 2.34. The van der Waals surface area contributed by atoms with Gasteiger partial charge >= 0.3 is 0 Å². The Bertz CT molecular complexity index is 325. The fourth-order valence-electron chi connectivity index (χ4n) is 1.78. The average Bonchev–Trinajstić information content (AvgIpc) is 2.48. The van der Waals surface area contributed by atoms with Crippen LogP contribution in [0.4, 0.5) is 4.39 Å². The first kappa shape index (κ1) is 9.62. The number of hydrogen-bond donors (Lipinski definition) is 1. The van der Waals surface area contributed by atoms with Crippen molar-refractivity contribution in [2.75, 3.05) is 6.61 Å².